The molecule has 8 heteroatoms. The first-order valence-corrected chi connectivity index (χ1v) is 10.4. The van der Waals surface area contributed by atoms with Crippen molar-refractivity contribution < 1.29 is 4.79 Å². The summed E-state index contributed by atoms with van der Waals surface area (Å²) in [5, 5.41) is 7.69. The van der Waals surface area contributed by atoms with E-state index in [1.807, 2.05) is 61.5 Å². The Morgan fingerprint density at radius 1 is 1.17 bits per heavy atom. The van der Waals surface area contributed by atoms with Gasteiger partial charge in [-0.05, 0) is 30.7 Å². The lowest BCUT2D eigenvalue weighted by molar-refractivity contribution is -0.121. The Kier molecular flexibility index (Phi) is 5.76. The molecular formula is C22H20BrN5O2. The fourth-order valence-corrected chi connectivity index (χ4v) is 3.92. The number of aryl methyl sites for hydroxylation is 1. The fraction of sp³-hybridized carbons (Fsp3) is 0.182. The number of nitrogens with zero attached hydrogens (tertiary/aromatic N) is 3. The van der Waals surface area contributed by atoms with E-state index in [1.54, 1.807) is 4.68 Å². The molecule has 0 aliphatic heterocycles. The molecule has 152 valence electrons. The van der Waals surface area contributed by atoms with E-state index in [4.69, 9.17) is 0 Å². The van der Waals surface area contributed by atoms with Gasteiger partial charge in [0.25, 0.3) is 5.56 Å². The number of amides is 1. The zero-order valence-corrected chi connectivity index (χ0v) is 17.9. The Labute approximate surface area is 181 Å². The van der Waals surface area contributed by atoms with E-state index < -0.39 is 0 Å². The molecule has 0 aliphatic rings. The summed E-state index contributed by atoms with van der Waals surface area (Å²) in [7, 11) is 0. The number of aromatic amines is 1. The first-order valence-electron chi connectivity index (χ1n) is 9.59. The van der Waals surface area contributed by atoms with Crippen molar-refractivity contribution in [3.63, 3.8) is 0 Å². The molecule has 1 atom stereocenters. The van der Waals surface area contributed by atoms with E-state index in [2.05, 4.69) is 36.3 Å². The minimum Gasteiger partial charge on any atom is -0.350 e. The number of fused-ring (bicyclic) bond motifs is 1. The Morgan fingerprint density at radius 3 is 2.67 bits per heavy atom. The number of benzene rings is 2. The van der Waals surface area contributed by atoms with Gasteiger partial charge in [0, 0.05) is 17.3 Å². The highest BCUT2D eigenvalue weighted by atomic mass is 79.9. The van der Waals surface area contributed by atoms with Crippen LogP contribution in [0.15, 0.2) is 70.1 Å². The van der Waals surface area contributed by atoms with Gasteiger partial charge in [0.1, 0.15) is 11.2 Å². The number of carbonyl (C=O) groups excluding carboxylic acids is 1. The van der Waals surface area contributed by atoms with Crippen molar-refractivity contribution in [1.82, 2.24) is 25.1 Å². The van der Waals surface area contributed by atoms with Gasteiger partial charge in [-0.2, -0.15) is 5.10 Å². The summed E-state index contributed by atoms with van der Waals surface area (Å²) in [4.78, 5) is 32.2. The van der Waals surface area contributed by atoms with Crippen LogP contribution in [0.3, 0.4) is 0 Å². The van der Waals surface area contributed by atoms with Crippen LogP contribution in [0.4, 0.5) is 0 Å². The molecule has 0 saturated heterocycles. The summed E-state index contributed by atoms with van der Waals surface area (Å²) in [5.74, 6) is 0.339. The molecule has 0 aliphatic carbocycles. The van der Waals surface area contributed by atoms with Gasteiger partial charge in [-0.15, -0.1) is 0 Å². The highest BCUT2D eigenvalue weighted by molar-refractivity contribution is 9.10. The largest absolute Gasteiger partial charge is 0.350 e. The van der Waals surface area contributed by atoms with E-state index in [0.717, 1.165) is 15.7 Å². The second-order valence-electron chi connectivity index (χ2n) is 6.95. The maximum absolute atomic E-state index is 12.4. The molecule has 2 aromatic heterocycles. The van der Waals surface area contributed by atoms with Gasteiger partial charge in [-0.3, -0.25) is 9.59 Å². The van der Waals surface area contributed by atoms with Gasteiger partial charge < -0.3 is 10.3 Å². The van der Waals surface area contributed by atoms with Gasteiger partial charge in [-0.1, -0.05) is 52.3 Å². The molecule has 0 bridgehead atoms. The summed E-state index contributed by atoms with van der Waals surface area (Å²) in [6.07, 6.45) is 2.03. The number of halogens is 1. The van der Waals surface area contributed by atoms with Crippen molar-refractivity contribution in [3.05, 3.63) is 87.0 Å². The molecule has 7 nitrogen and oxygen atoms in total. The van der Waals surface area contributed by atoms with Crippen LogP contribution in [0.5, 0.6) is 0 Å². The SMILES string of the molecule is CC(NC(=O)CCc1nc2c(cnn2-c2ccccc2)c(=O)[nH]1)c1ccccc1Br. The first kappa shape index (κ1) is 20.0. The summed E-state index contributed by atoms with van der Waals surface area (Å²) >= 11 is 3.51. The summed E-state index contributed by atoms with van der Waals surface area (Å²) in [6, 6.07) is 17.1. The number of hydrogen-bond acceptors (Lipinski definition) is 4. The van der Waals surface area contributed by atoms with Gasteiger partial charge in [0.15, 0.2) is 5.65 Å². The lowest BCUT2D eigenvalue weighted by Gasteiger charge is -2.15. The van der Waals surface area contributed by atoms with Crippen LogP contribution >= 0.6 is 15.9 Å². The Hall–Kier alpha value is -3.26. The maximum Gasteiger partial charge on any atom is 0.262 e. The van der Waals surface area contributed by atoms with Crippen LogP contribution in [0, 0.1) is 0 Å². The van der Waals surface area contributed by atoms with E-state index in [-0.39, 0.29) is 23.9 Å². The van der Waals surface area contributed by atoms with Gasteiger partial charge in [0.2, 0.25) is 5.91 Å². The summed E-state index contributed by atoms with van der Waals surface area (Å²) < 4.78 is 2.58. The molecule has 0 spiro atoms. The summed E-state index contributed by atoms with van der Waals surface area (Å²) in [5.41, 5.74) is 2.03. The van der Waals surface area contributed by atoms with Crippen LogP contribution in [-0.2, 0) is 11.2 Å². The molecule has 2 N–H and O–H groups in total. The van der Waals surface area contributed by atoms with Crippen molar-refractivity contribution in [2.24, 2.45) is 0 Å². The minimum absolute atomic E-state index is 0.113. The normalized spacial score (nSPS) is 12.1. The molecule has 30 heavy (non-hydrogen) atoms. The number of H-pyrrole nitrogens is 1. The third-order valence-electron chi connectivity index (χ3n) is 4.83. The maximum atomic E-state index is 12.4. The van der Waals surface area contributed by atoms with E-state index in [1.165, 1.54) is 6.20 Å². The molecule has 1 unspecified atom stereocenters. The number of hydrogen-bond donors (Lipinski definition) is 2. The molecule has 4 aromatic rings. The van der Waals surface area contributed by atoms with E-state index >= 15 is 0 Å². The highest BCUT2D eigenvalue weighted by Gasteiger charge is 2.14. The van der Waals surface area contributed by atoms with Crippen molar-refractivity contribution in [3.8, 4) is 5.69 Å². The zero-order chi connectivity index (χ0) is 21.1. The van der Waals surface area contributed by atoms with Crippen LogP contribution in [0.25, 0.3) is 16.7 Å². The Bertz CT molecular complexity index is 1250. The van der Waals surface area contributed by atoms with Crippen LogP contribution in [0.2, 0.25) is 0 Å². The van der Waals surface area contributed by atoms with Crippen LogP contribution in [-0.4, -0.2) is 25.7 Å². The number of para-hydroxylation sites is 1. The van der Waals surface area contributed by atoms with Crippen molar-refractivity contribution >= 4 is 32.9 Å². The van der Waals surface area contributed by atoms with Gasteiger partial charge in [-0.25, -0.2) is 9.67 Å². The van der Waals surface area contributed by atoms with Gasteiger partial charge >= 0.3 is 0 Å². The Balaban J connectivity index is 1.49. The lowest BCUT2D eigenvalue weighted by Crippen LogP contribution is -2.27. The first-order chi connectivity index (χ1) is 14.5. The average Bonchev–Trinajstić information content (AvgIpc) is 3.18. The Morgan fingerprint density at radius 2 is 1.90 bits per heavy atom. The molecular weight excluding hydrogens is 446 g/mol. The zero-order valence-electron chi connectivity index (χ0n) is 16.3. The quantitative estimate of drug-likeness (QED) is 0.454. The molecule has 0 radical (unpaired) electrons. The van der Waals surface area contributed by atoms with E-state index in [9.17, 15) is 9.59 Å². The van der Waals surface area contributed by atoms with Crippen molar-refractivity contribution in [2.45, 2.75) is 25.8 Å². The second-order valence-corrected chi connectivity index (χ2v) is 7.81. The standard InChI is InChI=1S/C22H20BrN5O2/c1-14(16-9-5-6-10-18(16)23)25-20(29)12-11-19-26-21-17(22(30)27-19)13-24-28(21)15-7-3-2-4-8-15/h2-10,13-14H,11-12H2,1H3,(H,25,29)(H,26,27,30). The highest BCUT2D eigenvalue weighted by Crippen LogP contribution is 2.22. The third kappa shape index (κ3) is 4.18. The second kappa shape index (κ2) is 8.62. The average molecular weight is 466 g/mol. The minimum atomic E-state index is -0.265. The fourth-order valence-electron chi connectivity index (χ4n) is 3.29. The molecule has 2 aromatic carbocycles. The third-order valence-corrected chi connectivity index (χ3v) is 5.55. The molecule has 2 heterocycles. The van der Waals surface area contributed by atoms with Gasteiger partial charge in [0.05, 0.1) is 17.9 Å². The van der Waals surface area contributed by atoms with Crippen molar-refractivity contribution in [2.75, 3.05) is 0 Å². The number of rotatable bonds is 6. The van der Waals surface area contributed by atoms with E-state index in [0.29, 0.717) is 23.3 Å². The topological polar surface area (TPSA) is 92.7 Å². The summed E-state index contributed by atoms with van der Waals surface area (Å²) in [6.45, 7) is 1.93. The molecule has 1 amide bonds. The molecule has 0 fully saturated rings. The predicted molar refractivity (Wildman–Crippen MR) is 119 cm³/mol. The van der Waals surface area contributed by atoms with Crippen LogP contribution in [0.1, 0.15) is 30.8 Å². The van der Waals surface area contributed by atoms with Crippen molar-refractivity contribution in [1.29, 1.82) is 0 Å². The van der Waals surface area contributed by atoms with Crippen LogP contribution < -0.4 is 10.9 Å². The lowest BCUT2D eigenvalue weighted by atomic mass is 10.1. The predicted octanol–water partition coefficient (Wildman–Crippen LogP) is 3.68. The monoisotopic (exact) mass is 465 g/mol. The molecule has 4 rings (SSSR count). The molecule has 0 saturated carbocycles. The number of carbonyl (C=O) groups is 1. The smallest absolute Gasteiger partial charge is 0.262 e. The number of nitrogens with one attached hydrogen (secondary N) is 2. The number of aromatic nitrogens is 4.